The molecule has 1 saturated heterocycles. The van der Waals surface area contributed by atoms with Crippen molar-refractivity contribution in [3.8, 4) is 0 Å². The molecule has 4 heteroatoms. The highest BCUT2D eigenvalue weighted by atomic mass is 16.7. The third kappa shape index (κ3) is 2.70. The highest BCUT2D eigenvalue weighted by Crippen LogP contribution is 2.36. The van der Waals surface area contributed by atoms with Crippen LogP contribution in [0.25, 0.3) is 0 Å². The summed E-state index contributed by atoms with van der Waals surface area (Å²) in [4.78, 5) is 4.53. The number of pyridine rings is 1. The Labute approximate surface area is 116 Å². The van der Waals surface area contributed by atoms with Gasteiger partial charge in [-0.15, -0.1) is 0 Å². The van der Waals surface area contributed by atoms with Crippen molar-refractivity contribution >= 4 is 12.6 Å². The third-order valence-corrected chi connectivity index (χ3v) is 4.08. The molecule has 0 aromatic carbocycles. The molecule has 0 aliphatic carbocycles. The van der Waals surface area contributed by atoms with Gasteiger partial charge in [0.2, 0.25) is 0 Å². The van der Waals surface area contributed by atoms with Gasteiger partial charge < -0.3 is 9.31 Å². The van der Waals surface area contributed by atoms with Crippen LogP contribution in [0.15, 0.2) is 18.3 Å². The van der Waals surface area contributed by atoms with Crippen LogP contribution in [0.5, 0.6) is 0 Å². The van der Waals surface area contributed by atoms with Crippen LogP contribution in [0.1, 0.15) is 54.2 Å². The standard InChI is InChI=1S/C15H24BNO2/c1-13(2,3)12-9-8-11(10-17-12)16-18-14(4,5)15(6,7)19-16/h8-10H,1-7H3. The largest absolute Gasteiger partial charge is 0.496 e. The van der Waals surface area contributed by atoms with Gasteiger partial charge in [0.05, 0.1) is 11.2 Å². The fourth-order valence-electron chi connectivity index (χ4n) is 1.97. The third-order valence-electron chi connectivity index (χ3n) is 4.08. The Kier molecular flexibility index (Phi) is 3.31. The zero-order valence-electron chi connectivity index (χ0n) is 13.1. The second-order valence-corrected chi connectivity index (χ2v) is 7.32. The summed E-state index contributed by atoms with van der Waals surface area (Å²) in [7, 11) is -0.327. The van der Waals surface area contributed by atoms with Crippen LogP contribution in [-0.2, 0) is 14.7 Å². The van der Waals surface area contributed by atoms with E-state index in [0.29, 0.717) is 0 Å². The molecule has 2 rings (SSSR count). The van der Waals surface area contributed by atoms with Crippen LogP contribution in [0.4, 0.5) is 0 Å². The second-order valence-electron chi connectivity index (χ2n) is 7.32. The Morgan fingerprint density at radius 1 is 1.00 bits per heavy atom. The molecule has 0 N–H and O–H groups in total. The van der Waals surface area contributed by atoms with Crippen molar-refractivity contribution in [2.45, 2.75) is 65.1 Å². The van der Waals surface area contributed by atoms with Crippen LogP contribution in [0.3, 0.4) is 0 Å². The average Bonchev–Trinajstić information content (AvgIpc) is 2.47. The summed E-state index contributed by atoms with van der Waals surface area (Å²) < 4.78 is 12.0. The van der Waals surface area contributed by atoms with Gasteiger partial charge in [-0.25, -0.2) is 0 Å². The van der Waals surface area contributed by atoms with Gasteiger partial charge in [0.25, 0.3) is 0 Å². The predicted octanol–water partition coefficient (Wildman–Crippen LogP) is 2.68. The molecule has 1 aliphatic heterocycles. The lowest BCUT2D eigenvalue weighted by Crippen LogP contribution is -2.41. The van der Waals surface area contributed by atoms with Gasteiger partial charge in [0, 0.05) is 22.8 Å². The van der Waals surface area contributed by atoms with Crippen LogP contribution in [0.2, 0.25) is 0 Å². The molecule has 3 nitrogen and oxygen atoms in total. The summed E-state index contributed by atoms with van der Waals surface area (Å²) in [5, 5.41) is 0. The number of hydrogen-bond donors (Lipinski definition) is 0. The normalized spacial score (nSPS) is 21.7. The lowest BCUT2D eigenvalue weighted by atomic mass is 9.79. The summed E-state index contributed by atoms with van der Waals surface area (Å²) in [5.41, 5.74) is 1.51. The van der Waals surface area contributed by atoms with Gasteiger partial charge in [-0.3, -0.25) is 4.98 Å². The molecule has 2 heterocycles. The zero-order chi connectivity index (χ0) is 14.5. The van der Waals surface area contributed by atoms with Gasteiger partial charge in [0.1, 0.15) is 0 Å². The fourth-order valence-corrected chi connectivity index (χ4v) is 1.97. The maximum atomic E-state index is 6.01. The number of nitrogens with zero attached hydrogens (tertiary/aromatic N) is 1. The van der Waals surface area contributed by atoms with Crippen molar-refractivity contribution in [3.05, 3.63) is 24.0 Å². The molecule has 0 saturated carbocycles. The van der Waals surface area contributed by atoms with Gasteiger partial charge in [-0.2, -0.15) is 0 Å². The summed E-state index contributed by atoms with van der Waals surface area (Å²) in [6.07, 6.45) is 1.86. The first-order valence-electron chi connectivity index (χ1n) is 6.85. The first kappa shape index (κ1) is 14.5. The van der Waals surface area contributed by atoms with E-state index in [1.165, 1.54) is 0 Å². The average molecular weight is 261 g/mol. The minimum atomic E-state index is -0.327. The lowest BCUT2D eigenvalue weighted by molar-refractivity contribution is 0.00578. The molecule has 1 fully saturated rings. The second kappa shape index (κ2) is 4.32. The number of hydrogen-bond acceptors (Lipinski definition) is 3. The van der Waals surface area contributed by atoms with E-state index in [0.717, 1.165) is 11.2 Å². The van der Waals surface area contributed by atoms with E-state index in [-0.39, 0.29) is 23.7 Å². The van der Waals surface area contributed by atoms with E-state index < -0.39 is 0 Å². The molecular formula is C15H24BNO2. The summed E-state index contributed by atoms with van der Waals surface area (Å²) >= 11 is 0. The minimum absolute atomic E-state index is 0.0640. The van der Waals surface area contributed by atoms with Crippen LogP contribution in [-0.4, -0.2) is 23.3 Å². The minimum Gasteiger partial charge on any atom is -0.399 e. The first-order valence-corrected chi connectivity index (χ1v) is 6.85. The highest BCUT2D eigenvalue weighted by molar-refractivity contribution is 6.62. The fraction of sp³-hybridized carbons (Fsp3) is 0.667. The molecule has 19 heavy (non-hydrogen) atoms. The van der Waals surface area contributed by atoms with Crippen molar-refractivity contribution < 1.29 is 9.31 Å². The smallest absolute Gasteiger partial charge is 0.399 e. The van der Waals surface area contributed by atoms with E-state index in [1.54, 1.807) is 0 Å². The van der Waals surface area contributed by atoms with E-state index in [4.69, 9.17) is 9.31 Å². The van der Waals surface area contributed by atoms with Gasteiger partial charge in [-0.05, 0) is 33.8 Å². The monoisotopic (exact) mass is 261 g/mol. The van der Waals surface area contributed by atoms with Crippen molar-refractivity contribution in [2.24, 2.45) is 0 Å². The van der Waals surface area contributed by atoms with Gasteiger partial charge >= 0.3 is 7.12 Å². The molecule has 0 amide bonds. The van der Waals surface area contributed by atoms with Crippen molar-refractivity contribution in [3.63, 3.8) is 0 Å². The van der Waals surface area contributed by atoms with Crippen molar-refractivity contribution in [2.75, 3.05) is 0 Å². The molecule has 0 radical (unpaired) electrons. The lowest BCUT2D eigenvalue weighted by Gasteiger charge is -2.32. The molecule has 0 bridgehead atoms. The van der Waals surface area contributed by atoms with Crippen LogP contribution >= 0.6 is 0 Å². The topological polar surface area (TPSA) is 31.4 Å². The van der Waals surface area contributed by atoms with Crippen LogP contribution < -0.4 is 5.46 Å². The molecule has 0 atom stereocenters. The first-order chi connectivity index (χ1) is 8.53. The Hall–Kier alpha value is -0.865. The van der Waals surface area contributed by atoms with Gasteiger partial charge in [0.15, 0.2) is 0 Å². The van der Waals surface area contributed by atoms with Gasteiger partial charge in [-0.1, -0.05) is 26.8 Å². The predicted molar refractivity (Wildman–Crippen MR) is 78.7 cm³/mol. The maximum absolute atomic E-state index is 6.01. The van der Waals surface area contributed by atoms with Crippen molar-refractivity contribution in [1.82, 2.24) is 4.98 Å². The highest BCUT2D eigenvalue weighted by Gasteiger charge is 2.51. The maximum Gasteiger partial charge on any atom is 0.496 e. The number of rotatable bonds is 1. The molecule has 0 spiro atoms. The summed E-state index contributed by atoms with van der Waals surface area (Å²) in [6, 6.07) is 4.11. The molecule has 0 unspecified atom stereocenters. The molecule has 1 aliphatic rings. The Bertz CT molecular complexity index is 444. The summed E-state index contributed by atoms with van der Waals surface area (Å²) in [6.45, 7) is 14.7. The van der Waals surface area contributed by atoms with E-state index in [9.17, 15) is 0 Å². The van der Waals surface area contributed by atoms with Crippen LogP contribution in [0, 0.1) is 0 Å². The Morgan fingerprint density at radius 3 is 1.89 bits per heavy atom. The quantitative estimate of drug-likeness (QED) is 0.728. The zero-order valence-corrected chi connectivity index (χ0v) is 13.1. The Morgan fingerprint density at radius 2 is 1.53 bits per heavy atom. The summed E-state index contributed by atoms with van der Waals surface area (Å²) in [5.74, 6) is 0. The Balaban J connectivity index is 2.22. The van der Waals surface area contributed by atoms with E-state index >= 15 is 0 Å². The van der Waals surface area contributed by atoms with Crippen molar-refractivity contribution in [1.29, 1.82) is 0 Å². The molecule has 1 aromatic rings. The van der Waals surface area contributed by atoms with E-state index in [2.05, 4.69) is 65.6 Å². The SMILES string of the molecule is CC(C)(C)c1ccc(B2OC(C)(C)C(C)(C)O2)cn1. The molecule has 104 valence electrons. The number of aromatic nitrogens is 1. The molecular weight excluding hydrogens is 237 g/mol. The molecule has 1 aromatic heterocycles. The van der Waals surface area contributed by atoms with E-state index in [1.807, 2.05) is 6.20 Å².